The van der Waals surface area contributed by atoms with Gasteiger partial charge in [0, 0.05) is 34.1 Å². The van der Waals surface area contributed by atoms with Crippen molar-refractivity contribution in [2.75, 3.05) is 11.5 Å². The van der Waals surface area contributed by atoms with Gasteiger partial charge in [0.15, 0.2) is 0 Å². The zero-order valence-corrected chi connectivity index (χ0v) is 15.7. The Kier molecular flexibility index (Phi) is 4.71. The van der Waals surface area contributed by atoms with E-state index in [1.807, 2.05) is 0 Å². The van der Waals surface area contributed by atoms with E-state index in [2.05, 4.69) is 0 Å². The summed E-state index contributed by atoms with van der Waals surface area (Å²) in [5.41, 5.74) is 10.0. The Morgan fingerprint density at radius 3 is 1.23 bits per heavy atom. The molecule has 0 saturated heterocycles. The molecule has 0 bridgehead atoms. The molecule has 2 aromatic rings. The minimum atomic E-state index is -0.786. The van der Waals surface area contributed by atoms with Crippen LogP contribution in [-0.4, -0.2) is 18.3 Å². The van der Waals surface area contributed by atoms with Crippen LogP contribution in [0.15, 0.2) is 19.2 Å². The molecule has 0 fully saturated rings. The van der Waals surface area contributed by atoms with E-state index in [0.717, 1.165) is 18.3 Å². The zero-order chi connectivity index (χ0) is 20.1. The Bertz CT molecular complexity index is 1030. The molecule has 2 aromatic heterocycles. The third kappa shape index (κ3) is 2.57. The van der Waals surface area contributed by atoms with E-state index in [0.29, 0.717) is 0 Å². The van der Waals surface area contributed by atoms with E-state index in [-0.39, 0.29) is 28.7 Å². The second kappa shape index (κ2) is 6.36. The van der Waals surface area contributed by atoms with Crippen molar-refractivity contribution in [1.29, 1.82) is 0 Å². The van der Waals surface area contributed by atoms with Crippen molar-refractivity contribution < 1.29 is 0 Å². The van der Waals surface area contributed by atoms with Gasteiger partial charge in [0.25, 0.3) is 11.1 Å². The molecular formula is C16H24N6O4. The summed E-state index contributed by atoms with van der Waals surface area (Å²) in [6.45, 7) is 3.61. The maximum absolute atomic E-state index is 12.8. The van der Waals surface area contributed by atoms with E-state index < -0.39 is 28.4 Å². The van der Waals surface area contributed by atoms with Crippen LogP contribution in [-0.2, 0) is 28.2 Å². The number of nitrogen functional groups attached to an aromatic ring is 2. The summed E-state index contributed by atoms with van der Waals surface area (Å²) in [5, 5.41) is 0. The maximum atomic E-state index is 12.8. The molecule has 0 aromatic carbocycles. The predicted octanol–water partition coefficient (Wildman–Crippen LogP) is -1.57. The molecule has 26 heavy (non-hydrogen) atoms. The third-order valence-electron chi connectivity index (χ3n) is 4.78. The lowest BCUT2D eigenvalue weighted by atomic mass is 9.83. The Balaban J connectivity index is 3.07. The summed E-state index contributed by atoms with van der Waals surface area (Å²) in [6, 6.07) is 0. The summed E-state index contributed by atoms with van der Waals surface area (Å²) >= 11 is 0. The van der Waals surface area contributed by atoms with Gasteiger partial charge in [-0.25, -0.2) is 9.59 Å². The fraction of sp³-hybridized carbons (Fsp3) is 0.500. The molecule has 142 valence electrons. The smallest absolute Gasteiger partial charge is 0.332 e. The van der Waals surface area contributed by atoms with Crippen LogP contribution in [0.5, 0.6) is 0 Å². The van der Waals surface area contributed by atoms with E-state index in [1.165, 1.54) is 28.2 Å². The second-order valence-corrected chi connectivity index (χ2v) is 6.73. The number of aromatic nitrogens is 4. The van der Waals surface area contributed by atoms with Crippen molar-refractivity contribution in [1.82, 2.24) is 18.3 Å². The molecule has 4 N–H and O–H groups in total. The second-order valence-electron chi connectivity index (χ2n) is 6.73. The van der Waals surface area contributed by atoms with E-state index in [1.54, 1.807) is 13.8 Å². The van der Waals surface area contributed by atoms with Gasteiger partial charge in [0.1, 0.15) is 11.6 Å². The monoisotopic (exact) mass is 364 g/mol. The van der Waals surface area contributed by atoms with E-state index in [9.17, 15) is 19.2 Å². The van der Waals surface area contributed by atoms with Crippen LogP contribution < -0.4 is 34.0 Å². The zero-order valence-electron chi connectivity index (χ0n) is 15.7. The van der Waals surface area contributed by atoms with Crippen molar-refractivity contribution in [2.24, 2.45) is 34.1 Å². The highest BCUT2D eigenvalue weighted by Gasteiger charge is 2.32. The molecule has 2 rings (SSSR count). The fourth-order valence-corrected chi connectivity index (χ4v) is 3.17. The van der Waals surface area contributed by atoms with Crippen LogP contribution >= 0.6 is 0 Å². The lowest BCUT2D eigenvalue weighted by molar-refractivity contribution is 0.529. The Hall–Kier alpha value is -3.04. The summed E-state index contributed by atoms with van der Waals surface area (Å²) in [6.07, 6.45) is 0. The average Bonchev–Trinajstić information content (AvgIpc) is 2.60. The number of nitrogens with zero attached hydrogens (tertiary/aromatic N) is 4. The molecule has 2 heterocycles. The standard InChI is InChI=1S/C16H24N6O4/c1-7(2)8(9-11(17)19(3)15(25)21(5)13(9)23)10-12(18)20(4)16(26)22(6)14(10)24/h7-8H,17-18H2,1-6H3. The lowest BCUT2D eigenvalue weighted by Gasteiger charge is -2.25. The van der Waals surface area contributed by atoms with Gasteiger partial charge in [0.2, 0.25) is 0 Å². The van der Waals surface area contributed by atoms with Gasteiger partial charge < -0.3 is 11.5 Å². The van der Waals surface area contributed by atoms with Crippen LogP contribution in [0.2, 0.25) is 0 Å². The first-order valence-electron chi connectivity index (χ1n) is 8.04. The SMILES string of the molecule is CC(C)C(c1c(N)n(C)c(=O)n(C)c1=O)c1c(N)n(C)c(=O)n(C)c1=O. The van der Waals surface area contributed by atoms with Crippen LogP contribution in [0.4, 0.5) is 11.6 Å². The molecule has 0 aliphatic heterocycles. The largest absolute Gasteiger partial charge is 0.385 e. The van der Waals surface area contributed by atoms with Gasteiger partial charge in [-0.1, -0.05) is 13.8 Å². The minimum Gasteiger partial charge on any atom is -0.385 e. The highest BCUT2D eigenvalue weighted by atomic mass is 16.2. The average molecular weight is 364 g/mol. The Morgan fingerprint density at radius 1 is 0.654 bits per heavy atom. The summed E-state index contributed by atoms with van der Waals surface area (Å²) < 4.78 is 4.16. The number of anilines is 2. The molecule has 0 aliphatic carbocycles. The van der Waals surface area contributed by atoms with Crippen molar-refractivity contribution in [3.8, 4) is 0 Å². The van der Waals surface area contributed by atoms with Crippen LogP contribution in [0.1, 0.15) is 30.9 Å². The van der Waals surface area contributed by atoms with Crippen LogP contribution in [0.3, 0.4) is 0 Å². The summed E-state index contributed by atoms with van der Waals surface area (Å²) in [4.78, 5) is 49.8. The van der Waals surface area contributed by atoms with Crippen LogP contribution in [0.25, 0.3) is 0 Å². The van der Waals surface area contributed by atoms with Gasteiger partial charge >= 0.3 is 11.4 Å². The quantitative estimate of drug-likeness (QED) is 0.674. The first-order valence-corrected chi connectivity index (χ1v) is 8.04. The molecule has 0 unspecified atom stereocenters. The van der Waals surface area contributed by atoms with Gasteiger partial charge in [-0.15, -0.1) is 0 Å². The Morgan fingerprint density at radius 2 is 0.962 bits per heavy atom. The van der Waals surface area contributed by atoms with E-state index in [4.69, 9.17) is 11.5 Å². The van der Waals surface area contributed by atoms with Gasteiger partial charge in [-0.3, -0.25) is 27.9 Å². The molecular weight excluding hydrogens is 340 g/mol. The van der Waals surface area contributed by atoms with Gasteiger partial charge in [-0.05, 0) is 5.92 Å². The van der Waals surface area contributed by atoms with Gasteiger partial charge in [-0.2, -0.15) is 0 Å². The highest BCUT2D eigenvalue weighted by Crippen LogP contribution is 2.33. The number of hydrogen-bond donors (Lipinski definition) is 2. The maximum Gasteiger partial charge on any atom is 0.332 e. The summed E-state index contributed by atoms with van der Waals surface area (Å²) in [5.74, 6) is -1.11. The molecule has 0 radical (unpaired) electrons. The highest BCUT2D eigenvalue weighted by molar-refractivity contribution is 5.52. The van der Waals surface area contributed by atoms with Crippen molar-refractivity contribution in [3.05, 3.63) is 52.8 Å². The molecule has 10 heteroatoms. The van der Waals surface area contributed by atoms with Crippen LogP contribution in [0, 0.1) is 5.92 Å². The lowest BCUT2D eigenvalue weighted by Crippen LogP contribution is -2.45. The molecule has 0 atom stereocenters. The van der Waals surface area contributed by atoms with Gasteiger partial charge in [0.05, 0.1) is 11.1 Å². The third-order valence-corrected chi connectivity index (χ3v) is 4.78. The molecule has 0 saturated carbocycles. The molecule has 0 spiro atoms. The van der Waals surface area contributed by atoms with Crippen molar-refractivity contribution >= 4 is 11.6 Å². The fourth-order valence-electron chi connectivity index (χ4n) is 3.17. The number of nitrogens with two attached hydrogens (primary N) is 2. The predicted molar refractivity (Wildman–Crippen MR) is 99.4 cm³/mol. The molecule has 0 aliphatic rings. The van der Waals surface area contributed by atoms with Crippen molar-refractivity contribution in [2.45, 2.75) is 19.8 Å². The number of hydrogen-bond acceptors (Lipinski definition) is 6. The normalized spacial score (nSPS) is 11.5. The van der Waals surface area contributed by atoms with Crippen molar-refractivity contribution in [3.63, 3.8) is 0 Å². The minimum absolute atomic E-state index is 0.0351. The first kappa shape index (κ1) is 19.3. The summed E-state index contributed by atoms with van der Waals surface area (Å²) in [7, 11) is 5.57. The first-order chi connectivity index (χ1) is 11.9. The van der Waals surface area contributed by atoms with E-state index >= 15 is 0 Å². The molecule has 0 amide bonds. The Labute approximate surface area is 148 Å². The topological polar surface area (TPSA) is 140 Å². The number of rotatable bonds is 3. The molecule has 10 nitrogen and oxygen atoms in total.